The number of carbonyl (C=O) groups excluding carboxylic acids is 1. The molecule has 0 saturated carbocycles. The fourth-order valence-corrected chi connectivity index (χ4v) is 2.97. The molecular weight excluding hydrogens is 366 g/mol. The monoisotopic (exact) mass is 380 g/mol. The van der Waals surface area contributed by atoms with Gasteiger partial charge in [-0.25, -0.2) is 0 Å². The number of halogens is 2. The molecule has 0 aliphatic carbocycles. The highest BCUT2D eigenvalue weighted by molar-refractivity contribution is 8.00. The summed E-state index contributed by atoms with van der Waals surface area (Å²) in [7, 11) is 0. The third kappa shape index (κ3) is 4.10. The van der Waals surface area contributed by atoms with Crippen molar-refractivity contribution >= 4 is 17.5 Å². The number of aromatic nitrogens is 2. The van der Waals surface area contributed by atoms with Crippen LogP contribution in [0, 0.1) is 6.92 Å². The van der Waals surface area contributed by atoms with Gasteiger partial charge in [0.25, 0.3) is 11.1 Å². The Balaban J connectivity index is 1.66. The van der Waals surface area contributed by atoms with Crippen molar-refractivity contribution in [3.8, 4) is 17.2 Å². The standard InChI is InChI=1S/C17H14F2N2O4S/c1-9-13(7-8-23-9)15-20-21-17(25-15)26-10(2)14(22)11-3-5-12(6-4-11)24-16(18)19/h3-8,10,16H,1-2H3/t10-/m1/s1. The maximum absolute atomic E-state index is 12.5. The van der Waals surface area contributed by atoms with Gasteiger partial charge in [0.2, 0.25) is 0 Å². The fraction of sp³-hybridized carbons (Fsp3) is 0.235. The van der Waals surface area contributed by atoms with Crippen molar-refractivity contribution in [2.24, 2.45) is 0 Å². The minimum atomic E-state index is -2.91. The van der Waals surface area contributed by atoms with E-state index in [1.807, 2.05) is 0 Å². The van der Waals surface area contributed by atoms with Gasteiger partial charge >= 0.3 is 6.61 Å². The highest BCUT2D eigenvalue weighted by Crippen LogP contribution is 2.29. The van der Waals surface area contributed by atoms with Crippen LogP contribution in [0.5, 0.6) is 5.75 Å². The number of hydrogen-bond acceptors (Lipinski definition) is 7. The van der Waals surface area contributed by atoms with Crippen molar-refractivity contribution in [1.29, 1.82) is 0 Å². The van der Waals surface area contributed by atoms with E-state index in [1.165, 1.54) is 30.5 Å². The van der Waals surface area contributed by atoms with E-state index in [0.717, 1.165) is 11.8 Å². The van der Waals surface area contributed by atoms with Crippen LogP contribution in [0.3, 0.4) is 0 Å². The Labute approximate surface area is 151 Å². The quantitative estimate of drug-likeness (QED) is 0.438. The summed E-state index contributed by atoms with van der Waals surface area (Å²) >= 11 is 1.11. The Morgan fingerprint density at radius 3 is 2.54 bits per heavy atom. The lowest BCUT2D eigenvalue weighted by Crippen LogP contribution is -2.13. The molecule has 0 amide bonds. The number of rotatable bonds is 7. The van der Waals surface area contributed by atoms with Gasteiger partial charge in [-0.1, -0.05) is 11.8 Å². The molecule has 0 fully saturated rings. The SMILES string of the molecule is Cc1occc1-c1nnc(S[C@H](C)C(=O)c2ccc(OC(F)F)cc2)o1. The molecule has 0 aliphatic heterocycles. The lowest BCUT2D eigenvalue weighted by Gasteiger charge is -2.09. The van der Waals surface area contributed by atoms with E-state index in [2.05, 4.69) is 14.9 Å². The van der Waals surface area contributed by atoms with Crippen molar-refractivity contribution in [3.05, 3.63) is 47.9 Å². The molecule has 9 heteroatoms. The molecule has 3 aromatic rings. The summed E-state index contributed by atoms with van der Waals surface area (Å²) in [6.45, 7) is 0.570. The van der Waals surface area contributed by atoms with Crippen LogP contribution in [0.1, 0.15) is 23.0 Å². The number of ether oxygens (including phenoxy) is 1. The first-order valence-electron chi connectivity index (χ1n) is 7.57. The summed E-state index contributed by atoms with van der Waals surface area (Å²) in [4.78, 5) is 12.5. The number of thioether (sulfide) groups is 1. The lowest BCUT2D eigenvalue weighted by atomic mass is 10.1. The van der Waals surface area contributed by atoms with E-state index >= 15 is 0 Å². The highest BCUT2D eigenvalue weighted by atomic mass is 32.2. The van der Waals surface area contributed by atoms with E-state index in [0.29, 0.717) is 22.8 Å². The van der Waals surface area contributed by atoms with E-state index in [-0.39, 0.29) is 16.8 Å². The maximum Gasteiger partial charge on any atom is 0.387 e. The molecule has 0 aliphatic rings. The second kappa shape index (κ2) is 7.69. The molecule has 136 valence electrons. The zero-order valence-electron chi connectivity index (χ0n) is 13.8. The molecule has 0 spiro atoms. The first-order chi connectivity index (χ1) is 12.4. The number of carbonyl (C=O) groups is 1. The van der Waals surface area contributed by atoms with Crippen LogP contribution >= 0.6 is 11.8 Å². The molecule has 0 unspecified atom stereocenters. The van der Waals surface area contributed by atoms with Gasteiger partial charge in [0, 0.05) is 5.56 Å². The minimum absolute atomic E-state index is 0.00567. The van der Waals surface area contributed by atoms with E-state index in [4.69, 9.17) is 8.83 Å². The van der Waals surface area contributed by atoms with Gasteiger partial charge < -0.3 is 13.6 Å². The average molecular weight is 380 g/mol. The van der Waals surface area contributed by atoms with Crippen LogP contribution in [0.4, 0.5) is 8.78 Å². The van der Waals surface area contributed by atoms with Crippen LogP contribution in [0.15, 0.2) is 50.7 Å². The topological polar surface area (TPSA) is 78.4 Å². The molecule has 6 nitrogen and oxygen atoms in total. The molecule has 0 radical (unpaired) electrons. The summed E-state index contributed by atoms with van der Waals surface area (Å²) in [5.41, 5.74) is 1.06. The van der Waals surface area contributed by atoms with Crippen LogP contribution in [0.2, 0.25) is 0 Å². The average Bonchev–Trinajstić information content (AvgIpc) is 3.23. The molecule has 3 rings (SSSR count). The number of hydrogen-bond donors (Lipinski definition) is 0. The van der Waals surface area contributed by atoms with Crippen LogP contribution in [0.25, 0.3) is 11.5 Å². The van der Waals surface area contributed by atoms with Crippen molar-refractivity contribution in [1.82, 2.24) is 10.2 Å². The zero-order chi connectivity index (χ0) is 18.7. The van der Waals surface area contributed by atoms with Gasteiger partial charge in [-0.05, 0) is 44.2 Å². The predicted molar refractivity (Wildman–Crippen MR) is 89.5 cm³/mol. The van der Waals surface area contributed by atoms with Gasteiger partial charge in [-0.15, -0.1) is 10.2 Å². The Morgan fingerprint density at radius 1 is 1.19 bits per heavy atom. The Hall–Kier alpha value is -2.68. The van der Waals surface area contributed by atoms with Crippen molar-refractivity contribution in [2.45, 2.75) is 30.9 Å². The number of alkyl halides is 2. The molecule has 0 bridgehead atoms. The second-order valence-corrected chi connectivity index (χ2v) is 6.58. The number of furan rings is 1. The van der Waals surface area contributed by atoms with E-state index in [1.54, 1.807) is 19.9 Å². The Morgan fingerprint density at radius 2 is 1.92 bits per heavy atom. The highest BCUT2D eigenvalue weighted by Gasteiger charge is 2.21. The van der Waals surface area contributed by atoms with Crippen molar-refractivity contribution < 1.29 is 27.1 Å². The van der Waals surface area contributed by atoms with Gasteiger partial charge in [0.15, 0.2) is 5.78 Å². The van der Waals surface area contributed by atoms with Crippen molar-refractivity contribution in [3.63, 3.8) is 0 Å². The van der Waals surface area contributed by atoms with Crippen LogP contribution in [-0.2, 0) is 0 Å². The number of aryl methyl sites for hydroxylation is 1. The summed E-state index contributed by atoms with van der Waals surface area (Å²) in [6, 6.07) is 7.23. The third-order valence-corrected chi connectivity index (χ3v) is 4.44. The number of ketones is 1. The summed E-state index contributed by atoms with van der Waals surface area (Å²) in [5.74, 6) is 0.763. The summed E-state index contributed by atoms with van der Waals surface area (Å²) in [5, 5.41) is 7.62. The summed E-state index contributed by atoms with van der Waals surface area (Å²) in [6.07, 6.45) is 1.52. The summed E-state index contributed by atoms with van der Waals surface area (Å²) < 4.78 is 39.3. The van der Waals surface area contributed by atoms with E-state index in [9.17, 15) is 13.6 Å². The smallest absolute Gasteiger partial charge is 0.387 e. The molecule has 1 aromatic carbocycles. The maximum atomic E-state index is 12.5. The van der Waals surface area contributed by atoms with Gasteiger partial charge in [-0.3, -0.25) is 4.79 Å². The van der Waals surface area contributed by atoms with Crippen molar-refractivity contribution in [2.75, 3.05) is 0 Å². The lowest BCUT2D eigenvalue weighted by molar-refractivity contribution is -0.0498. The predicted octanol–water partition coefficient (Wildman–Crippen LogP) is 4.60. The normalized spacial score (nSPS) is 12.3. The largest absolute Gasteiger partial charge is 0.469 e. The first kappa shape index (κ1) is 18.1. The molecule has 0 saturated heterocycles. The second-order valence-electron chi connectivity index (χ2n) is 5.29. The third-order valence-electron chi connectivity index (χ3n) is 3.51. The minimum Gasteiger partial charge on any atom is -0.469 e. The Bertz CT molecular complexity index is 892. The molecule has 1 atom stereocenters. The number of benzene rings is 1. The molecule has 2 heterocycles. The molecule has 0 N–H and O–H groups in total. The van der Waals surface area contributed by atoms with Crippen LogP contribution < -0.4 is 4.74 Å². The van der Waals surface area contributed by atoms with Gasteiger partial charge in [0.05, 0.1) is 17.1 Å². The molecule has 2 aromatic heterocycles. The van der Waals surface area contributed by atoms with Crippen LogP contribution in [-0.4, -0.2) is 27.8 Å². The van der Waals surface area contributed by atoms with E-state index < -0.39 is 11.9 Å². The fourth-order valence-electron chi connectivity index (χ4n) is 2.21. The Kier molecular flexibility index (Phi) is 5.36. The van der Waals surface area contributed by atoms with Gasteiger partial charge in [-0.2, -0.15) is 8.78 Å². The number of Topliss-reactive ketones (excluding diaryl/α,β-unsaturated/α-hetero) is 1. The molecule has 26 heavy (non-hydrogen) atoms. The van der Waals surface area contributed by atoms with Gasteiger partial charge in [0.1, 0.15) is 11.5 Å². The number of nitrogens with zero attached hydrogens (tertiary/aromatic N) is 2. The zero-order valence-corrected chi connectivity index (χ0v) is 14.6. The molecular formula is C17H14F2N2O4S. The first-order valence-corrected chi connectivity index (χ1v) is 8.45.